The van der Waals surface area contributed by atoms with Crippen molar-refractivity contribution in [2.75, 3.05) is 58.4 Å². The maximum atomic E-state index is 13.4. The Kier molecular flexibility index (Phi) is 6.84. The summed E-state index contributed by atoms with van der Waals surface area (Å²) in [6.07, 6.45) is 0. The first kappa shape index (κ1) is 25.8. The molecule has 1 unspecified atom stereocenters. The molecule has 1 amide bonds. The minimum absolute atomic E-state index is 0.221. The van der Waals surface area contributed by atoms with E-state index in [4.69, 9.17) is 4.74 Å². The Morgan fingerprint density at radius 3 is 2.59 bits per heavy atom. The summed E-state index contributed by atoms with van der Waals surface area (Å²) in [4.78, 5) is 21.5. The van der Waals surface area contributed by atoms with E-state index in [2.05, 4.69) is 4.98 Å². The summed E-state index contributed by atoms with van der Waals surface area (Å²) < 4.78 is 34.1. The summed E-state index contributed by atoms with van der Waals surface area (Å²) >= 11 is 1.47. The average molecular weight is 543 g/mol. The van der Waals surface area contributed by atoms with Gasteiger partial charge in [0.15, 0.2) is 5.60 Å². The number of methoxy groups -OCH3 is 1. The lowest BCUT2D eigenvalue weighted by Crippen LogP contribution is -2.46. The minimum atomic E-state index is -3.69. The third kappa shape index (κ3) is 4.77. The summed E-state index contributed by atoms with van der Waals surface area (Å²) in [5, 5.41) is 11.3. The fourth-order valence-corrected chi connectivity index (χ4v) is 6.95. The van der Waals surface area contributed by atoms with Crippen molar-refractivity contribution in [3.8, 4) is 0 Å². The molecule has 2 aromatic carbocycles. The van der Waals surface area contributed by atoms with Crippen molar-refractivity contribution in [1.82, 2.24) is 14.2 Å². The molecule has 5 rings (SSSR count). The standard InChI is InChI=1S/C26H30N4O5S2/c1-26(32,20-5-4-6-21(11-20)28(2)9-10-35-3)25(31)29-13-18-15-30(16-19(18)14-29)37(33,34)22-7-8-24-23(12-22)27-17-36-24/h4-8,11-12,17,32H,9-10,13-16H2,1-3H3. The van der Waals surface area contributed by atoms with E-state index in [1.165, 1.54) is 22.6 Å². The Hall–Kier alpha value is -2.83. The zero-order valence-corrected chi connectivity index (χ0v) is 22.7. The summed E-state index contributed by atoms with van der Waals surface area (Å²) in [7, 11) is -0.116. The number of carbonyl (C=O) groups is 1. The second kappa shape index (κ2) is 9.80. The van der Waals surface area contributed by atoms with Gasteiger partial charge >= 0.3 is 0 Å². The van der Waals surface area contributed by atoms with Crippen molar-refractivity contribution in [3.05, 3.63) is 64.7 Å². The van der Waals surface area contributed by atoms with Crippen LogP contribution in [0.4, 0.5) is 5.69 Å². The number of nitrogens with zero attached hydrogens (tertiary/aromatic N) is 4. The van der Waals surface area contributed by atoms with Gasteiger partial charge < -0.3 is 19.6 Å². The van der Waals surface area contributed by atoms with E-state index >= 15 is 0 Å². The van der Waals surface area contributed by atoms with Crippen LogP contribution in [0.5, 0.6) is 0 Å². The predicted molar refractivity (Wildman–Crippen MR) is 143 cm³/mol. The second-order valence-corrected chi connectivity index (χ2v) is 12.5. The van der Waals surface area contributed by atoms with Gasteiger partial charge in [-0.25, -0.2) is 13.4 Å². The highest BCUT2D eigenvalue weighted by Crippen LogP contribution is 2.34. The highest BCUT2D eigenvalue weighted by atomic mass is 32.2. The second-order valence-electron chi connectivity index (χ2n) is 9.66. The number of ether oxygens (including phenoxy) is 1. The van der Waals surface area contributed by atoms with Gasteiger partial charge in [-0.15, -0.1) is 11.3 Å². The molecule has 0 aliphatic carbocycles. The first-order valence-corrected chi connectivity index (χ1v) is 14.3. The van der Waals surface area contributed by atoms with Crippen LogP contribution in [0.15, 0.2) is 64.0 Å². The average Bonchev–Trinajstić information content (AvgIpc) is 3.61. The van der Waals surface area contributed by atoms with Gasteiger partial charge in [0.25, 0.3) is 5.91 Å². The molecule has 37 heavy (non-hydrogen) atoms. The van der Waals surface area contributed by atoms with E-state index in [1.54, 1.807) is 41.8 Å². The van der Waals surface area contributed by atoms with Gasteiger partial charge in [0.2, 0.25) is 10.0 Å². The number of anilines is 1. The number of amides is 1. The van der Waals surface area contributed by atoms with Crippen LogP contribution < -0.4 is 4.90 Å². The number of benzene rings is 2. The fraction of sp³-hybridized carbons (Fsp3) is 0.385. The van der Waals surface area contributed by atoms with Gasteiger partial charge in [-0.2, -0.15) is 4.31 Å². The van der Waals surface area contributed by atoms with Gasteiger partial charge in [0.1, 0.15) is 0 Å². The largest absolute Gasteiger partial charge is 0.383 e. The van der Waals surface area contributed by atoms with E-state index in [0.717, 1.165) is 21.5 Å². The van der Waals surface area contributed by atoms with E-state index in [-0.39, 0.29) is 18.0 Å². The van der Waals surface area contributed by atoms with Crippen molar-refractivity contribution in [2.45, 2.75) is 17.4 Å². The maximum absolute atomic E-state index is 13.4. The lowest BCUT2D eigenvalue weighted by molar-refractivity contribution is -0.149. The number of aromatic nitrogens is 1. The molecule has 3 heterocycles. The molecule has 2 aliphatic heterocycles. The van der Waals surface area contributed by atoms with E-state index in [0.29, 0.717) is 37.3 Å². The van der Waals surface area contributed by atoms with Gasteiger partial charge in [0.05, 0.1) is 27.2 Å². The quantitative estimate of drug-likeness (QED) is 0.436. The lowest BCUT2D eigenvalue weighted by Gasteiger charge is -2.31. The van der Waals surface area contributed by atoms with Crippen molar-refractivity contribution in [1.29, 1.82) is 0 Å². The fourth-order valence-electron chi connectivity index (χ4n) is 4.84. The van der Waals surface area contributed by atoms with Gasteiger partial charge in [-0.1, -0.05) is 12.1 Å². The monoisotopic (exact) mass is 542 g/mol. The van der Waals surface area contributed by atoms with Crippen molar-refractivity contribution >= 4 is 43.2 Å². The van der Waals surface area contributed by atoms with E-state index < -0.39 is 21.5 Å². The Balaban J connectivity index is 1.26. The van der Waals surface area contributed by atoms with E-state index in [1.807, 2.05) is 30.1 Å². The summed E-state index contributed by atoms with van der Waals surface area (Å²) in [6.45, 7) is 3.82. The van der Waals surface area contributed by atoms with Crippen LogP contribution in [0.2, 0.25) is 0 Å². The molecule has 0 saturated carbocycles. The van der Waals surface area contributed by atoms with Gasteiger partial charge in [-0.05, 0) is 54.0 Å². The Morgan fingerprint density at radius 2 is 1.89 bits per heavy atom. The molecule has 11 heteroatoms. The number of hydrogen-bond acceptors (Lipinski definition) is 8. The maximum Gasteiger partial charge on any atom is 0.259 e. The third-order valence-electron chi connectivity index (χ3n) is 7.12. The first-order chi connectivity index (χ1) is 17.6. The van der Waals surface area contributed by atoms with Crippen molar-refractivity contribution in [2.24, 2.45) is 0 Å². The molecule has 0 spiro atoms. The Morgan fingerprint density at radius 1 is 1.16 bits per heavy atom. The highest BCUT2D eigenvalue weighted by Gasteiger charge is 2.42. The molecule has 0 fully saturated rings. The number of hydrogen-bond donors (Lipinski definition) is 1. The van der Waals surface area contributed by atoms with Crippen LogP contribution in [0.1, 0.15) is 12.5 Å². The van der Waals surface area contributed by atoms with Crippen LogP contribution in [0, 0.1) is 0 Å². The molecular formula is C26H30N4O5S2. The zero-order valence-electron chi connectivity index (χ0n) is 21.0. The minimum Gasteiger partial charge on any atom is -0.383 e. The molecule has 0 saturated heterocycles. The van der Waals surface area contributed by atoms with Crippen LogP contribution in [0.25, 0.3) is 10.2 Å². The number of carbonyl (C=O) groups excluding carboxylic acids is 1. The molecule has 1 aromatic heterocycles. The Bertz CT molecular complexity index is 1460. The molecule has 9 nitrogen and oxygen atoms in total. The topological polar surface area (TPSA) is 103 Å². The SMILES string of the molecule is COCCN(C)c1cccc(C(C)(O)C(=O)N2CC3=C(C2)CN(S(=O)(=O)c2ccc4scnc4c2)C3)c1. The number of fused-ring (bicyclic) bond motifs is 1. The predicted octanol–water partition coefficient (Wildman–Crippen LogP) is 2.43. The van der Waals surface area contributed by atoms with Crippen LogP contribution in [-0.2, 0) is 25.2 Å². The van der Waals surface area contributed by atoms with E-state index in [9.17, 15) is 18.3 Å². The summed E-state index contributed by atoms with van der Waals surface area (Å²) in [5.41, 5.74) is 3.86. The molecule has 3 aromatic rings. The van der Waals surface area contributed by atoms with Crippen LogP contribution in [-0.4, -0.2) is 87.1 Å². The van der Waals surface area contributed by atoms with Gasteiger partial charge in [-0.3, -0.25) is 4.79 Å². The third-order valence-corrected chi connectivity index (χ3v) is 9.72. The molecule has 1 atom stereocenters. The lowest BCUT2D eigenvalue weighted by atomic mass is 9.93. The summed E-state index contributed by atoms with van der Waals surface area (Å²) in [6, 6.07) is 12.3. The van der Waals surface area contributed by atoms with Crippen LogP contribution in [0.3, 0.4) is 0 Å². The number of aliphatic hydroxyl groups is 1. The number of likely N-dealkylation sites (N-methyl/N-ethyl adjacent to an activating group) is 1. The van der Waals surface area contributed by atoms with Crippen LogP contribution >= 0.6 is 11.3 Å². The number of thiazole rings is 1. The number of sulfonamides is 1. The normalized spacial score (nSPS) is 17.9. The number of rotatable bonds is 8. The summed E-state index contributed by atoms with van der Waals surface area (Å²) in [5.74, 6) is -0.401. The highest BCUT2D eigenvalue weighted by molar-refractivity contribution is 7.89. The molecule has 2 aliphatic rings. The van der Waals surface area contributed by atoms with Crippen molar-refractivity contribution in [3.63, 3.8) is 0 Å². The first-order valence-electron chi connectivity index (χ1n) is 12.0. The molecule has 0 bridgehead atoms. The molecule has 196 valence electrons. The Labute approximate surface area is 220 Å². The van der Waals surface area contributed by atoms with Crippen molar-refractivity contribution < 1.29 is 23.1 Å². The zero-order chi connectivity index (χ0) is 26.4. The van der Waals surface area contributed by atoms with Gasteiger partial charge in [0, 0.05) is 52.6 Å². The molecule has 0 radical (unpaired) electrons. The molecular weight excluding hydrogens is 512 g/mol. The smallest absolute Gasteiger partial charge is 0.259 e. The molecule has 1 N–H and O–H groups in total.